The second-order valence-electron chi connectivity index (χ2n) is 7.45. The van der Waals surface area contributed by atoms with E-state index in [1.165, 1.54) is 109 Å². The van der Waals surface area contributed by atoms with Gasteiger partial charge in [-0.05, 0) is 52.7 Å². The molecule has 1 nitrogen and oxygen atoms in total. The van der Waals surface area contributed by atoms with E-state index >= 15 is 0 Å². The molecular weight excluding hydrogens is 278 g/mol. The lowest BCUT2D eigenvalue weighted by atomic mass is 10.1. The zero-order valence-corrected chi connectivity index (χ0v) is 16.6. The van der Waals surface area contributed by atoms with Crippen molar-refractivity contribution in [3.63, 3.8) is 0 Å². The fourth-order valence-electron chi connectivity index (χ4n) is 3.03. The van der Waals surface area contributed by atoms with Gasteiger partial charge in [0, 0.05) is 0 Å². The smallest absolute Gasteiger partial charge is 0.00248 e. The van der Waals surface area contributed by atoms with Crippen LogP contribution in [-0.2, 0) is 0 Å². The highest BCUT2D eigenvalue weighted by molar-refractivity contribution is 4.81. The molecule has 23 heavy (non-hydrogen) atoms. The highest BCUT2D eigenvalue weighted by atomic mass is 15.0. The van der Waals surface area contributed by atoms with E-state index in [1.807, 2.05) is 0 Å². The average Bonchev–Trinajstić information content (AvgIpc) is 2.53. The van der Waals surface area contributed by atoms with E-state index < -0.39 is 0 Å². The molecular formula is C22H45N. The molecule has 0 bridgehead atoms. The summed E-state index contributed by atoms with van der Waals surface area (Å²) in [5.41, 5.74) is 0. The Labute approximate surface area is 147 Å². The van der Waals surface area contributed by atoms with E-state index in [-0.39, 0.29) is 0 Å². The summed E-state index contributed by atoms with van der Waals surface area (Å²) in [6.45, 7) is 3.54. The van der Waals surface area contributed by atoms with Crippen molar-refractivity contribution in [2.24, 2.45) is 0 Å². The van der Waals surface area contributed by atoms with E-state index in [2.05, 4.69) is 38.1 Å². The number of hydrogen-bond acceptors (Lipinski definition) is 1. The van der Waals surface area contributed by atoms with Gasteiger partial charge in [-0.25, -0.2) is 0 Å². The maximum Gasteiger partial charge on any atom is -0.00248 e. The highest BCUT2D eigenvalue weighted by Gasteiger charge is 1.93. The summed E-state index contributed by atoms with van der Waals surface area (Å²) >= 11 is 0. The van der Waals surface area contributed by atoms with Crippen LogP contribution < -0.4 is 0 Å². The molecule has 1 heteroatoms. The van der Waals surface area contributed by atoms with Crippen LogP contribution in [0.25, 0.3) is 0 Å². The van der Waals surface area contributed by atoms with Crippen LogP contribution in [0.2, 0.25) is 0 Å². The summed E-state index contributed by atoms with van der Waals surface area (Å²) < 4.78 is 0. The fraction of sp³-hybridized carbons (Fsp3) is 0.909. The zero-order valence-electron chi connectivity index (χ0n) is 16.6. The van der Waals surface area contributed by atoms with Crippen molar-refractivity contribution in [3.8, 4) is 0 Å². The molecule has 0 amide bonds. The minimum absolute atomic E-state index is 1.26. The standard InChI is InChI=1S/C22H45N/c1-4-5-6-7-8-9-10-11-12-13-14-15-16-17-18-19-20-21-22-23(2)3/h11-12H,4-10,13-22H2,1-3H3/b12-11-. The summed E-state index contributed by atoms with van der Waals surface area (Å²) in [4.78, 5) is 2.29. The monoisotopic (exact) mass is 323 g/mol. The van der Waals surface area contributed by atoms with E-state index in [0.29, 0.717) is 0 Å². The van der Waals surface area contributed by atoms with Crippen molar-refractivity contribution in [1.82, 2.24) is 4.90 Å². The van der Waals surface area contributed by atoms with Crippen molar-refractivity contribution < 1.29 is 0 Å². The van der Waals surface area contributed by atoms with Gasteiger partial charge in [0.25, 0.3) is 0 Å². The number of allylic oxidation sites excluding steroid dienone is 2. The van der Waals surface area contributed by atoms with Gasteiger partial charge in [0.2, 0.25) is 0 Å². The van der Waals surface area contributed by atoms with Gasteiger partial charge >= 0.3 is 0 Å². The predicted molar refractivity (Wildman–Crippen MR) is 107 cm³/mol. The van der Waals surface area contributed by atoms with E-state index in [1.54, 1.807) is 0 Å². The van der Waals surface area contributed by atoms with Gasteiger partial charge in [0.15, 0.2) is 0 Å². The van der Waals surface area contributed by atoms with Crippen LogP contribution in [0, 0.1) is 0 Å². The van der Waals surface area contributed by atoms with E-state index in [9.17, 15) is 0 Å². The predicted octanol–water partition coefficient (Wildman–Crippen LogP) is 7.37. The lowest BCUT2D eigenvalue weighted by molar-refractivity contribution is 0.389. The third kappa shape index (κ3) is 21.7. The molecule has 0 aromatic carbocycles. The lowest BCUT2D eigenvalue weighted by Crippen LogP contribution is -2.12. The average molecular weight is 324 g/mol. The Hall–Kier alpha value is -0.300. The first-order chi connectivity index (χ1) is 11.3. The molecule has 0 rings (SSSR count). The molecule has 0 unspecified atom stereocenters. The molecule has 0 heterocycles. The minimum Gasteiger partial charge on any atom is -0.309 e. The summed E-state index contributed by atoms with van der Waals surface area (Å²) in [6, 6.07) is 0. The van der Waals surface area contributed by atoms with Crippen LogP contribution >= 0.6 is 0 Å². The lowest BCUT2D eigenvalue weighted by Gasteiger charge is -2.08. The Morgan fingerprint density at radius 2 is 0.913 bits per heavy atom. The molecule has 0 fully saturated rings. The summed E-state index contributed by atoms with van der Waals surface area (Å²) in [5, 5.41) is 0. The van der Waals surface area contributed by atoms with Crippen LogP contribution in [-0.4, -0.2) is 25.5 Å². The summed E-state index contributed by atoms with van der Waals surface area (Å²) in [7, 11) is 4.34. The number of hydrogen-bond donors (Lipinski definition) is 0. The van der Waals surface area contributed by atoms with Gasteiger partial charge < -0.3 is 4.90 Å². The Kier molecular flexibility index (Phi) is 19.5. The van der Waals surface area contributed by atoms with Gasteiger partial charge in [-0.15, -0.1) is 0 Å². The van der Waals surface area contributed by atoms with Crippen molar-refractivity contribution >= 4 is 0 Å². The molecule has 0 saturated heterocycles. The summed E-state index contributed by atoms with van der Waals surface area (Å²) in [5.74, 6) is 0. The SMILES string of the molecule is CCCCCCCC/C=C\CCCCCCCCCCN(C)C. The topological polar surface area (TPSA) is 3.24 Å². The molecule has 0 atom stereocenters. The van der Waals surface area contributed by atoms with Gasteiger partial charge in [-0.3, -0.25) is 0 Å². The van der Waals surface area contributed by atoms with Crippen LogP contribution in [0.15, 0.2) is 12.2 Å². The second kappa shape index (κ2) is 19.7. The normalized spacial score (nSPS) is 11.8. The minimum atomic E-state index is 1.26. The molecule has 0 aromatic heterocycles. The van der Waals surface area contributed by atoms with Crippen molar-refractivity contribution in [1.29, 1.82) is 0 Å². The maximum atomic E-state index is 2.42. The molecule has 0 saturated carbocycles. The second-order valence-corrected chi connectivity index (χ2v) is 7.45. The molecule has 0 radical (unpaired) electrons. The molecule has 0 aliphatic rings. The first kappa shape index (κ1) is 22.7. The number of unbranched alkanes of at least 4 members (excludes halogenated alkanes) is 14. The Morgan fingerprint density at radius 1 is 0.522 bits per heavy atom. The van der Waals surface area contributed by atoms with Gasteiger partial charge in [-0.2, -0.15) is 0 Å². The summed E-state index contributed by atoms with van der Waals surface area (Å²) in [6.07, 6.45) is 27.3. The third-order valence-corrected chi connectivity index (χ3v) is 4.62. The maximum absolute atomic E-state index is 2.42. The molecule has 0 aliphatic heterocycles. The largest absolute Gasteiger partial charge is 0.309 e. The van der Waals surface area contributed by atoms with Crippen LogP contribution in [0.1, 0.15) is 110 Å². The first-order valence-electron chi connectivity index (χ1n) is 10.6. The van der Waals surface area contributed by atoms with Crippen LogP contribution in [0.4, 0.5) is 0 Å². The van der Waals surface area contributed by atoms with Crippen molar-refractivity contribution in [2.75, 3.05) is 20.6 Å². The van der Waals surface area contributed by atoms with E-state index in [0.717, 1.165) is 0 Å². The third-order valence-electron chi connectivity index (χ3n) is 4.62. The molecule has 0 aliphatic carbocycles. The Morgan fingerprint density at radius 3 is 1.35 bits per heavy atom. The van der Waals surface area contributed by atoms with Crippen LogP contribution in [0.5, 0.6) is 0 Å². The van der Waals surface area contributed by atoms with E-state index in [4.69, 9.17) is 0 Å². The van der Waals surface area contributed by atoms with Gasteiger partial charge in [0.1, 0.15) is 0 Å². The molecule has 0 spiro atoms. The molecule has 138 valence electrons. The molecule has 0 N–H and O–H groups in total. The zero-order chi connectivity index (χ0) is 17.0. The van der Waals surface area contributed by atoms with Crippen molar-refractivity contribution in [3.05, 3.63) is 12.2 Å². The highest BCUT2D eigenvalue weighted by Crippen LogP contribution is 2.11. The first-order valence-corrected chi connectivity index (χ1v) is 10.6. The quantitative estimate of drug-likeness (QED) is 0.188. The number of nitrogens with zero attached hydrogens (tertiary/aromatic N) is 1. The molecule has 0 aromatic rings. The van der Waals surface area contributed by atoms with Gasteiger partial charge in [-0.1, -0.05) is 89.7 Å². The Bertz CT molecular complexity index is 232. The van der Waals surface area contributed by atoms with Crippen LogP contribution in [0.3, 0.4) is 0 Å². The van der Waals surface area contributed by atoms with Crippen molar-refractivity contribution in [2.45, 2.75) is 110 Å². The fourth-order valence-corrected chi connectivity index (χ4v) is 3.03. The number of rotatable bonds is 18. The Balaban J connectivity index is 3.05. The van der Waals surface area contributed by atoms with Gasteiger partial charge in [0.05, 0.1) is 0 Å².